The van der Waals surface area contributed by atoms with Crippen LogP contribution in [0.4, 0.5) is 0 Å². The summed E-state index contributed by atoms with van der Waals surface area (Å²) in [6.07, 6.45) is 1.92. The molecule has 0 aliphatic carbocycles. The first-order chi connectivity index (χ1) is 14.6. The van der Waals surface area contributed by atoms with Crippen LogP contribution in [-0.4, -0.2) is 45.4 Å². The molecular formula is C24H35IN4O2. The van der Waals surface area contributed by atoms with Crippen LogP contribution in [0.5, 0.6) is 5.75 Å². The highest BCUT2D eigenvalue weighted by Crippen LogP contribution is 2.25. The van der Waals surface area contributed by atoms with Crippen LogP contribution in [0.1, 0.15) is 36.9 Å². The van der Waals surface area contributed by atoms with Crippen LogP contribution in [-0.2, 0) is 11.3 Å². The van der Waals surface area contributed by atoms with Gasteiger partial charge in [-0.2, -0.15) is 0 Å². The lowest BCUT2D eigenvalue weighted by Gasteiger charge is -2.41. The first-order valence-corrected chi connectivity index (χ1v) is 10.6. The van der Waals surface area contributed by atoms with Gasteiger partial charge >= 0.3 is 0 Å². The molecule has 1 saturated heterocycles. The molecule has 1 unspecified atom stereocenters. The van der Waals surface area contributed by atoms with Crippen LogP contribution in [0.15, 0.2) is 59.6 Å². The molecule has 1 atom stereocenters. The second kappa shape index (κ2) is 12.9. The van der Waals surface area contributed by atoms with Crippen molar-refractivity contribution in [1.29, 1.82) is 0 Å². The summed E-state index contributed by atoms with van der Waals surface area (Å²) in [6, 6.07) is 18.9. The number of methoxy groups -OCH3 is 1. The molecule has 7 heteroatoms. The van der Waals surface area contributed by atoms with E-state index < -0.39 is 0 Å². The summed E-state index contributed by atoms with van der Waals surface area (Å²) < 4.78 is 11.0. The summed E-state index contributed by atoms with van der Waals surface area (Å²) in [7, 11) is 3.49. The van der Waals surface area contributed by atoms with E-state index in [1.807, 2.05) is 18.2 Å². The van der Waals surface area contributed by atoms with E-state index in [2.05, 4.69) is 64.3 Å². The Morgan fingerprint density at radius 3 is 2.52 bits per heavy atom. The minimum absolute atomic E-state index is 0. The van der Waals surface area contributed by atoms with Gasteiger partial charge in [0.05, 0.1) is 7.11 Å². The summed E-state index contributed by atoms with van der Waals surface area (Å²) in [5.74, 6) is 1.65. The van der Waals surface area contributed by atoms with Gasteiger partial charge in [-0.3, -0.25) is 4.99 Å². The lowest BCUT2D eigenvalue weighted by atomic mass is 9.88. The highest BCUT2D eigenvalue weighted by atomic mass is 127. The number of nitrogens with one attached hydrogen (secondary N) is 3. The molecule has 1 aliphatic heterocycles. The zero-order chi connectivity index (χ0) is 21.2. The molecule has 6 nitrogen and oxygen atoms in total. The van der Waals surface area contributed by atoms with Gasteiger partial charge in [0.1, 0.15) is 5.75 Å². The molecule has 0 aromatic heterocycles. The van der Waals surface area contributed by atoms with Crippen molar-refractivity contribution < 1.29 is 9.47 Å². The Hall–Kier alpha value is -1.84. The molecule has 0 spiro atoms. The van der Waals surface area contributed by atoms with Gasteiger partial charge in [-0.1, -0.05) is 42.5 Å². The highest BCUT2D eigenvalue weighted by molar-refractivity contribution is 14.0. The molecule has 0 bridgehead atoms. The van der Waals surface area contributed by atoms with Crippen molar-refractivity contribution in [2.24, 2.45) is 4.99 Å². The van der Waals surface area contributed by atoms with Gasteiger partial charge in [0.2, 0.25) is 0 Å². The molecule has 3 rings (SSSR count). The standard InChI is InChI=1S/C24H34N4O2.HI/c1-19(21-9-5-4-6-10-21)28-24(12-14-30-15-13-24)18-27-23(25-2)26-17-20-8-7-11-22(16-20)29-3;/h4-11,16,19,28H,12-15,17-18H2,1-3H3,(H2,25,26,27);1H. The number of nitrogens with zero attached hydrogens (tertiary/aromatic N) is 1. The molecule has 1 fully saturated rings. The molecule has 31 heavy (non-hydrogen) atoms. The fourth-order valence-electron chi connectivity index (χ4n) is 3.86. The number of rotatable bonds is 8. The third-order valence-electron chi connectivity index (χ3n) is 5.68. The van der Waals surface area contributed by atoms with Crippen LogP contribution in [0.25, 0.3) is 0 Å². The minimum atomic E-state index is -0.0406. The Morgan fingerprint density at radius 1 is 1.10 bits per heavy atom. The quantitative estimate of drug-likeness (QED) is 0.271. The van der Waals surface area contributed by atoms with E-state index in [1.54, 1.807) is 14.2 Å². The van der Waals surface area contributed by atoms with E-state index in [1.165, 1.54) is 5.56 Å². The van der Waals surface area contributed by atoms with E-state index in [-0.39, 0.29) is 35.6 Å². The number of guanidine groups is 1. The van der Waals surface area contributed by atoms with E-state index in [4.69, 9.17) is 9.47 Å². The van der Waals surface area contributed by atoms with E-state index in [9.17, 15) is 0 Å². The zero-order valence-corrected chi connectivity index (χ0v) is 21.0. The van der Waals surface area contributed by atoms with Gasteiger partial charge in [0, 0.05) is 44.9 Å². The van der Waals surface area contributed by atoms with Crippen molar-refractivity contribution in [1.82, 2.24) is 16.0 Å². The largest absolute Gasteiger partial charge is 0.497 e. The predicted octanol–water partition coefficient (Wildman–Crippen LogP) is 3.88. The van der Waals surface area contributed by atoms with Crippen LogP contribution >= 0.6 is 24.0 Å². The first-order valence-electron chi connectivity index (χ1n) is 10.6. The second-order valence-electron chi connectivity index (χ2n) is 7.80. The summed E-state index contributed by atoms with van der Waals surface area (Å²) in [5, 5.41) is 10.8. The number of benzene rings is 2. The normalized spacial score (nSPS) is 16.7. The summed E-state index contributed by atoms with van der Waals surface area (Å²) in [4.78, 5) is 4.40. The highest BCUT2D eigenvalue weighted by Gasteiger charge is 2.34. The smallest absolute Gasteiger partial charge is 0.191 e. The van der Waals surface area contributed by atoms with Crippen molar-refractivity contribution in [3.63, 3.8) is 0 Å². The Bertz CT molecular complexity index is 810. The average molecular weight is 538 g/mol. The lowest BCUT2D eigenvalue weighted by Crippen LogP contribution is -2.58. The van der Waals surface area contributed by atoms with Crippen LogP contribution in [0, 0.1) is 0 Å². The minimum Gasteiger partial charge on any atom is -0.497 e. The number of ether oxygens (including phenoxy) is 2. The molecular weight excluding hydrogens is 503 g/mol. The third-order valence-corrected chi connectivity index (χ3v) is 5.68. The van der Waals surface area contributed by atoms with Crippen molar-refractivity contribution >= 4 is 29.9 Å². The molecule has 0 amide bonds. The molecule has 0 saturated carbocycles. The number of aliphatic imine (C=N–C) groups is 1. The predicted molar refractivity (Wildman–Crippen MR) is 137 cm³/mol. The zero-order valence-electron chi connectivity index (χ0n) is 18.7. The van der Waals surface area contributed by atoms with E-state index in [0.717, 1.165) is 49.9 Å². The number of halogens is 1. The lowest BCUT2D eigenvalue weighted by molar-refractivity contribution is 0.0355. The van der Waals surface area contributed by atoms with Crippen molar-refractivity contribution in [3.05, 3.63) is 65.7 Å². The van der Waals surface area contributed by atoms with Crippen molar-refractivity contribution in [2.45, 2.75) is 37.9 Å². The maximum Gasteiger partial charge on any atom is 0.191 e. The maximum absolute atomic E-state index is 5.65. The second-order valence-corrected chi connectivity index (χ2v) is 7.80. The fraction of sp³-hybridized carbons (Fsp3) is 0.458. The topological polar surface area (TPSA) is 66.9 Å². The molecule has 3 N–H and O–H groups in total. The van der Waals surface area contributed by atoms with Gasteiger partial charge in [-0.25, -0.2) is 0 Å². The maximum atomic E-state index is 5.65. The molecule has 0 radical (unpaired) electrons. The fourth-order valence-corrected chi connectivity index (χ4v) is 3.86. The molecule has 1 aliphatic rings. The van der Waals surface area contributed by atoms with Crippen molar-refractivity contribution in [3.8, 4) is 5.75 Å². The van der Waals surface area contributed by atoms with Crippen LogP contribution < -0.4 is 20.7 Å². The van der Waals surface area contributed by atoms with Crippen LogP contribution in [0.2, 0.25) is 0 Å². The Balaban J connectivity index is 0.00000341. The first kappa shape index (κ1) is 25.4. The van der Waals surface area contributed by atoms with Gasteiger partial charge in [0.25, 0.3) is 0 Å². The molecule has 1 heterocycles. The van der Waals surface area contributed by atoms with Gasteiger partial charge in [0.15, 0.2) is 5.96 Å². The van der Waals surface area contributed by atoms with Gasteiger partial charge in [-0.05, 0) is 43.0 Å². The van der Waals surface area contributed by atoms with Gasteiger partial charge in [-0.15, -0.1) is 24.0 Å². The SMILES string of the molecule is CN=C(NCc1cccc(OC)c1)NCC1(NC(C)c2ccccc2)CCOCC1.I. The van der Waals surface area contributed by atoms with E-state index in [0.29, 0.717) is 6.54 Å². The molecule has 170 valence electrons. The average Bonchev–Trinajstić information content (AvgIpc) is 2.80. The monoisotopic (exact) mass is 538 g/mol. The summed E-state index contributed by atoms with van der Waals surface area (Å²) in [5.41, 5.74) is 2.40. The Morgan fingerprint density at radius 2 is 1.84 bits per heavy atom. The third kappa shape index (κ3) is 7.66. The molecule has 2 aromatic rings. The molecule has 2 aromatic carbocycles. The van der Waals surface area contributed by atoms with Gasteiger partial charge < -0.3 is 25.4 Å². The van der Waals surface area contributed by atoms with E-state index >= 15 is 0 Å². The van der Waals surface area contributed by atoms with Crippen molar-refractivity contribution in [2.75, 3.05) is 33.9 Å². The Labute approximate surface area is 203 Å². The number of hydrogen-bond donors (Lipinski definition) is 3. The summed E-state index contributed by atoms with van der Waals surface area (Å²) >= 11 is 0. The Kier molecular flexibility index (Phi) is 10.6. The number of hydrogen-bond acceptors (Lipinski definition) is 4. The summed E-state index contributed by atoms with van der Waals surface area (Å²) in [6.45, 7) is 5.23. The van der Waals surface area contributed by atoms with Crippen LogP contribution in [0.3, 0.4) is 0 Å².